The molecule has 0 aliphatic carbocycles. The van der Waals surface area contributed by atoms with Crippen molar-refractivity contribution in [2.24, 2.45) is 0 Å². The molecule has 19 heavy (non-hydrogen) atoms. The van der Waals surface area contributed by atoms with E-state index in [9.17, 15) is 14.0 Å². The molecular weight excluding hydrogens is 249 g/mol. The van der Waals surface area contributed by atoms with E-state index < -0.39 is 0 Å². The molecule has 1 rings (SSSR count). The number of nitrogens with one attached hydrogen (secondary N) is 3. The van der Waals surface area contributed by atoms with Gasteiger partial charge in [-0.05, 0) is 18.6 Å². The van der Waals surface area contributed by atoms with Crippen molar-refractivity contribution < 1.29 is 14.0 Å². The van der Waals surface area contributed by atoms with Gasteiger partial charge in [0.2, 0.25) is 6.41 Å². The molecule has 1 aromatic carbocycles. The number of carbonyl (C=O) groups is 2. The molecule has 5 nitrogen and oxygen atoms in total. The first kappa shape index (κ1) is 14.7. The number of hydrogen-bond acceptors (Lipinski definition) is 2. The molecule has 6 heteroatoms. The Labute approximate surface area is 110 Å². The van der Waals surface area contributed by atoms with Gasteiger partial charge in [-0.3, -0.25) is 4.79 Å². The van der Waals surface area contributed by atoms with Gasteiger partial charge in [-0.2, -0.15) is 0 Å². The molecule has 0 aliphatic rings. The second-order valence-electron chi connectivity index (χ2n) is 3.68. The van der Waals surface area contributed by atoms with E-state index in [1.54, 1.807) is 18.2 Å². The summed E-state index contributed by atoms with van der Waals surface area (Å²) in [6.07, 6.45) is 4.10. The summed E-state index contributed by atoms with van der Waals surface area (Å²) in [5.41, 5.74) is 0.401. The molecule has 0 spiro atoms. The largest absolute Gasteiger partial charge is 0.359 e. The number of hydrogen-bond donors (Lipinski definition) is 3. The lowest BCUT2D eigenvalue weighted by atomic mass is 10.2. The first-order valence-electron chi connectivity index (χ1n) is 5.86. The monoisotopic (exact) mass is 265 g/mol. The van der Waals surface area contributed by atoms with Crippen LogP contribution in [0.5, 0.6) is 0 Å². The molecule has 0 saturated carbocycles. The highest BCUT2D eigenvalue weighted by Gasteiger charge is 1.97. The van der Waals surface area contributed by atoms with Crippen LogP contribution in [0.2, 0.25) is 0 Å². The summed E-state index contributed by atoms with van der Waals surface area (Å²) in [7, 11) is 0. The SMILES string of the molecule is O=CNCCCNC(=O)N/C=C/c1ccccc1F. The first-order valence-corrected chi connectivity index (χ1v) is 5.86. The molecule has 0 saturated heterocycles. The Morgan fingerprint density at radius 3 is 2.79 bits per heavy atom. The maximum absolute atomic E-state index is 13.2. The molecule has 0 aromatic heterocycles. The Bertz CT molecular complexity index is 449. The van der Waals surface area contributed by atoms with E-state index in [1.807, 2.05) is 0 Å². The fourth-order valence-electron chi connectivity index (χ4n) is 1.32. The van der Waals surface area contributed by atoms with E-state index in [-0.39, 0.29) is 11.8 Å². The molecule has 1 aromatic rings. The lowest BCUT2D eigenvalue weighted by Crippen LogP contribution is -2.33. The van der Waals surface area contributed by atoms with Gasteiger partial charge in [-0.25, -0.2) is 9.18 Å². The molecular formula is C13H16FN3O2. The molecule has 102 valence electrons. The van der Waals surface area contributed by atoms with Crippen LogP contribution in [-0.2, 0) is 4.79 Å². The second-order valence-corrected chi connectivity index (χ2v) is 3.68. The summed E-state index contributed by atoms with van der Waals surface area (Å²) >= 11 is 0. The van der Waals surface area contributed by atoms with E-state index in [4.69, 9.17) is 0 Å². The van der Waals surface area contributed by atoms with Crippen LogP contribution in [0.25, 0.3) is 6.08 Å². The molecule has 3 N–H and O–H groups in total. The Balaban J connectivity index is 2.23. The third-order valence-corrected chi connectivity index (χ3v) is 2.25. The average Bonchev–Trinajstić information content (AvgIpc) is 2.41. The summed E-state index contributed by atoms with van der Waals surface area (Å²) in [6, 6.07) is 5.89. The van der Waals surface area contributed by atoms with Gasteiger partial charge in [0.25, 0.3) is 0 Å². The Kier molecular flexibility index (Phi) is 6.71. The fourth-order valence-corrected chi connectivity index (χ4v) is 1.32. The van der Waals surface area contributed by atoms with Gasteiger partial charge in [-0.15, -0.1) is 0 Å². The minimum Gasteiger partial charge on any atom is -0.359 e. The zero-order valence-electron chi connectivity index (χ0n) is 10.4. The quantitative estimate of drug-likeness (QED) is 0.512. The van der Waals surface area contributed by atoms with Gasteiger partial charge in [0.05, 0.1) is 0 Å². The zero-order chi connectivity index (χ0) is 13.9. The molecule has 0 bridgehead atoms. The van der Waals surface area contributed by atoms with E-state index >= 15 is 0 Å². The van der Waals surface area contributed by atoms with Gasteiger partial charge < -0.3 is 16.0 Å². The number of carbonyl (C=O) groups excluding carboxylic acids is 2. The van der Waals surface area contributed by atoms with Gasteiger partial charge in [0.15, 0.2) is 0 Å². The second kappa shape index (κ2) is 8.68. The van der Waals surface area contributed by atoms with Crippen molar-refractivity contribution in [3.05, 3.63) is 41.8 Å². The molecule has 3 amide bonds. The zero-order valence-corrected chi connectivity index (χ0v) is 10.4. The minimum absolute atomic E-state index is 0.346. The maximum atomic E-state index is 13.2. The van der Waals surface area contributed by atoms with Crippen LogP contribution in [0.4, 0.5) is 9.18 Å². The summed E-state index contributed by atoms with van der Waals surface area (Å²) in [5.74, 6) is -0.346. The van der Waals surface area contributed by atoms with Gasteiger partial charge >= 0.3 is 6.03 Å². The number of urea groups is 1. The van der Waals surface area contributed by atoms with Crippen LogP contribution in [0.1, 0.15) is 12.0 Å². The summed E-state index contributed by atoms with van der Waals surface area (Å²) in [4.78, 5) is 21.2. The van der Waals surface area contributed by atoms with Crippen molar-refractivity contribution in [2.75, 3.05) is 13.1 Å². The molecule has 0 fully saturated rings. The smallest absolute Gasteiger partial charge is 0.318 e. The summed E-state index contributed by atoms with van der Waals surface area (Å²) in [5, 5.41) is 7.54. The third kappa shape index (κ3) is 6.21. The van der Waals surface area contributed by atoms with Crippen LogP contribution in [0, 0.1) is 5.82 Å². The normalized spacial score (nSPS) is 10.2. The highest BCUT2D eigenvalue weighted by molar-refractivity contribution is 5.75. The Morgan fingerprint density at radius 2 is 2.05 bits per heavy atom. The lowest BCUT2D eigenvalue weighted by molar-refractivity contribution is -0.109. The average molecular weight is 265 g/mol. The molecule has 0 unspecified atom stereocenters. The predicted octanol–water partition coefficient (Wildman–Crippen LogP) is 1.23. The van der Waals surface area contributed by atoms with Crippen LogP contribution in [0.15, 0.2) is 30.5 Å². The van der Waals surface area contributed by atoms with Crippen LogP contribution >= 0.6 is 0 Å². The minimum atomic E-state index is -0.376. The summed E-state index contributed by atoms with van der Waals surface area (Å²) < 4.78 is 13.2. The van der Waals surface area contributed by atoms with E-state index in [2.05, 4.69) is 16.0 Å². The number of amides is 3. The van der Waals surface area contributed by atoms with E-state index in [0.29, 0.717) is 31.5 Å². The Hall–Kier alpha value is -2.37. The number of halogens is 1. The molecule has 0 radical (unpaired) electrons. The van der Waals surface area contributed by atoms with Crippen LogP contribution in [-0.4, -0.2) is 25.5 Å². The molecule has 0 heterocycles. The standard InChI is InChI=1S/C13H16FN3O2/c14-12-5-2-1-4-11(12)6-9-17-13(19)16-8-3-7-15-10-18/h1-2,4-6,9-10H,3,7-8H2,(H,15,18)(H2,16,17,19)/b9-6+. The van der Waals surface area contributed by atoms with Crippen molar-refractivity contribution in [3.63, 3.8) is 0 Å². The first-order chi connectivity index (χ1) is 9.24. The molecule has 0 aliphatic heterocycles. The predicted molar refractivity (Wildman–Crippen MR) is 70.7 cm³/mol. The number of rotatable bonds is 7. The van der Waals surface area contributed by atoms with Crippen LogP contribution < -0.4 is 16.0 Å². The third-order valence-electron chi connectivity index (χ3n) is 2.25. The summed E-state index contributed by atoms with van der Waals surface area (Å²) in [6.45, 7) is 0.953. The van der Waals surface area contributed by atoms with E-state index in [0.717, 1.165) is 0 Å². The van der Waals surface area contributed by atoms with Crippen LogP contribution in [0.3, 0.4) is 0 Å². The van der Waals surface area contributed by atoms with Crippen molar-refractivity contribution in [2.45, 2.75) is 6.42 Å². The van der Waals surface area contributed by atoms with E-state index in [1.165, 1.54) is 18.3 Å². The maximum Gasteiger partial charge on any atom is 0.318 e. The van der Waals surface area contributed by atoms with Gasteiger partial charge in [0, 0.05) is 24.9 Å². The topological polar surface area (TPSA) is 70.2 Å². The van der Waals surface area contributed by atoms with Gasteiger partial charge in [-0.1, -0.05) is 18.2 Å². The fraction of sp³-hybridized carbons (Fsp3) is 0.231. The van der Waals surface area contributed by atoms with Crippen molar-refractivity contribution in [1.29, 1.82) is 0 Å². The van der Waals surface area contributed by atoms with Crippen molar-refractivity contribution in [1.82, 2.24) is 16.0 Å². The van der Waals surface area contributed by atoms with Crippen molar-refractivity contribution in [3.8, 4) is 0 Å². The molecule has 0 atom stereocenters. The Morgan fingerprint density at radius 1 is 1.26 bits per heavy atom. The number of benzene rings is 1. The highest BCUT2D eigenvalue weighted by atomic mass is 19.1. The van der Waals surface area contributed by atoms with Crippen molar-refractivity contribution >= 4 is 18.5 Å². The lowest BCUT2D eigenvalue weighted by Gasteiger charge is -2.04. The van der Waals surface area contributed by atoms with Gasteiger partial charge in [0.1, 0.15) is 5.82 Å². The highest BCUT2D eigenvalue weighted by Crippen LogP contribution is 2.07.